The van der Waals surface area contributed by atoms with Crippen molar-refractivity contribution >= 4 is 27.3 Å². The molecular formula is C25H27ClN2O3S. The van der Waals surface area contributed by atoms with E-state index in [-0.39, 0.29) is 4.90 Å². The highest BCUT2D eigenvalue weighted by atomic mass is 35.5. The molecule has 1 aliphatic heterocycles. The highest BCUT2D eigenvalue weighted by molar-refractivity contribution is 7.92. The highest BCUT2D eigenvalue weighted by Crippen LogP contribution is 2.29. The Labute approximate surface area is 195 Å². The van der Waals surface area contributed by atoms with Gasteiger partial charge < -0.3 is 9.64 Å². The number of anilines is 1. The van der Waals surface area contributed by atoms with Gasteiger partial charge in [-0.2, -0.15) is 0 Å². The molecule has 0 radical (unpaired) electrons. The van der Waals surface area contributed by atoms with Crippen LogP contribution in [-0.2, 0) is 16.4 Å². The SMILES string of the molecule is O=S(=O)(Nc1ccc(Cl)cc1Cc1ccccc1OCCCN1CCC1)c1ccccc1. The summed E-state index contributed by atoms with van der Waals surface area (Å²) in [6.07, 6.45) is 2.77. The molecule has 0 amide bonds. The molecule has 0 aromatic heterocycles. The number of hydrogen-bond donors (Lipinski definition) is 1. The monoisotopic (exact) mass is 470 g/mol. The van der Waals surface area contributed by atoms with Gasteiger partial charge >= 0.3 is 0 Å². The second-order valence-corrected chi connectivity index (χ2v) is 10.0. The van der Waals surface area contributed by atoms with Gasteiger partial charge in [0, 0.05) is 18.0 Å². The van der Waals surface area contributed by atoms with E-state index in [0.717, 1.165) is 29.8 Å². The van der Waals surface area contributed by atoms with Gasteiger partial charge in [-0.1, -0.05) is 48.0 Å². The number of ether oxygens (including phenoxy) is 1. The highest BCUT2D eigenvalue weighted by Gasteiger charge is 2.17. The first-order chi connectivity index (χ1) is 15.5. The van der Waals surface area contributed by atoms with Crippen LogP contribution in [-0.4, -0.2) is 39.6 Å². The van der Waals surface area contributed by atoms with Crippen LogP contribution in [0.2, 0.25) is 5.02 Å². The largest absolute Gasteiger partial charge is 0.493 e. The molecule has 0 spiro atoms. The van der Waals surface area contributed by atoms with Gasteiger partial charge in [-0.05, 0) is 73.5 Å². The molecule has 1 N–H and O–H groups in total. The molecule has 0 bridgehead atoms. The maximum Gasteiger partial charge on any atom is 0.261 e. The van der Waals surface area contributed by atoms with E-state index in [2.05, 4.69) is 9.62 Å². The fraction of sp³-hybridized carbons (Fsp3) is 0.280. The van der Waals surface area contributed by atoms with Crippen LogP contribution in [0.3, 0.4) is 0 Å². The summed E-state index contributed by atoms with van der Waals surface area (Å²) in [6.45, 7) is 4.08. The Balaban J connectivity index is 1.50. The van der Waals surface area contributed by atoms with Crippen molar-refractivity contribution in [1.82, 2.24) is 4.90 Å². The van der Waals surface area contributed by atoms with E-state index >= 15 is 0 Å². The second kappa shape index (κ2) is 10.4. The minimum Gasteiger partial charge on any atom is -0.493 e. The Kier molecular flexibility index (Phi) is 7.35. The van der Waals surface area contributed by atoms with Crippen LogP contribution in [0.1, 0.15) is 24.0 Å². The Morgan fingerprint density at radius 3 is 2.44 bits per heavy atom. The Morgan fingerprint density at radius 1 is 0.938 bits per heavy atom. The topological polar surface area (TPSA) is 58.6 Å². The minimum absolute atomic E-state index is 0.215. The molecule has 7 heteroatoms. The lowest BCUT2D eigenvalue weighted by Crippen LogP contribution is -2.38. The van der Waals surface area contributed by atoms with Gasteiger partial charge in [0.1, 0.15) is 5.75 Å². The molecule has 1 heterocycles. The second-order valence-electron chi connectivity index (χ2n) is 7.90. The number of likely N-dealkylation sites (tertiary alicyclic amines) is 1. The standard InChI is InChI=1S/C25H27ClN2O3S/c26-22-12-13-24(27-32(29,30)23-9-2-1-3-10-23)21(19-22)18-20-8-4-5-11-25(20)31-17-7-16-28-14-6-15-28/h1-5,8-13,19,27H,6-7,14-18H2. The van der Waals surface area contributed by atoms with Gasteiger partial charge in [0.15, 0.2) is 0 Å². The fourth-order valence-electron chi connectivity index (χ4n) is 3.68. The molecule has 5 nitrogen and oxygen atoms in total. The normalized spacial score (nSPS) is 14.0. The van der Waals surface area contributed by atoms with E-state index in [9.17, 15) is 8.42 Å². The van der Waals surface area contributed by atoms with Crippen LogP contribution < -0.4 is 9.46 Å². The van der Waals surface area contributed by atoms with Crippen LogP contribution in [0.5, 0.6) is 5.75 Å². The summed E-state index contributed by atoms with van der Waals surface area (Å²) >= 11 is 6.25. The van der Waals surface area contributed by atoms with Gasteiger partial charge in [0.25, 0.3) is 10.0 Å². The Morgan fingerprint density at radius 2 is 1.69 bits per heavy atom. The van der Waals surface area contributed by atoms with Crippen LogP contribution >= 0.6 is 11.6 Å². The number of nitrogens with one attached hydrogen (secondary N) is 1. The van der Waals surface area contributed by atoms with E-state index in [0.29, 0.717) is 23.7 Å². The van der Waals surface area contributed by atoms with Gasteiger partial charge in [-0.3, -0.25) is 4.72 Å². The first-order valence-electron chi connectivity index (χ1n) is 10.8. The molecule has 32 heavy (non-hydrogen) atoms. The van der Waals surface area contributed by atoms with E-state index in [1.54, 1.807) is 48.5 Å². The number of rotatable bonds is 10. The van der Waals surface area contributed by atoms with Crippen LogP contribution in [0.4, 0.5) is 5.69 Å². The number of hydrogen-bond acceptors (Lipinski definition) is 4. The lowest BCUT2D eigenvalue weighted by atomic mass is 10.0. The fourth-order valence-corrected chi connectivity index (χ4v) is 5.00. The van der Waals surface area contributed by atoms with Crippen molar-refractivity contribution in [2.45, 2.75) is 24.2 Å². The van der Waals surface area contributed by atoms with E-state index in [1.807, 2.05) is 24.3 Å². The molecule has 4 rings (SSSR count). The molecule has 0 saturated carbocycles. The predicted octanol–water partition coefficient (Wildman–Crippen LogP) is 5.21. The molecule has 0 aliphatic carbocycles. The van der Waals surface area contributed by atoms with Crippen molar-refractivity contribution < 1.29 is 13.2 Å². The average Bonchev–Trinajstić information content (AvgIpc) is 2.76. The van der Waals surface area contributed by atoms with Crippen molar-refractivity contribution in [2.24, 2.45) is 0 Å². The summed E-state index contributed by atoms with van der Waals surface area (Å²) in [7, 11) is -3.70. The maximum absolute atomic E-state index is 12.8. The molecule has 1 aliphatic rings. The summed E-state index contributed by atoms with van der Waals surface area (Å²) in [6, 6.07) is 21.4. The molecule has 0 atom stereocenters. The lowest BCUT2D eigenvalue weighted by Gasteiger charge is -2.30. The summed E-state index contributed by atoms with van der Waals surface area (Å²) in [5.41, 5.74) is 2.28. The van der Waals surface area contributed by atoms with E-state index in [1.165, 1.54) is 19.5 Å². The molecule has 1 fully saturated rings. The zero-order valence-corrected chi connectivity index (χ0v) is 19.4. The molecule has 168 valence electrons. The number of benzene rings is 3. The quantitative estimate of drug-likeness (QED) is 0.413. The number of para-hydroxylation sites is 1. The van der Waals surface area contributed by atoms with Crippen molar-refractivity contribution in [3.63, 3.8) is 0 Å². The van der Waals surface area contributed by atoms with Gasteiger partial charge in [-0.15, -0.1) is 0 Å². The van der Waals surface area contributed by atoms with Crippen molar-refractivity contribution in [3.05, 3.63) is 88.9 Å². The van der Waals surface area contributed by atoms with Crippen molar-refractivity contribution in [2.75, 3.05) is 31.0 Å². The predicted molar refractivity (Wildman–Crippen MR) is 129 cm³/mol. The van der Waals surface area contributed by atoms with Gasteiger partial charge in [0.2, 0.25) is 0 Å². The molecule has 0 unspecified atom stereocenters. The molecule has 1 saturated heterocycles. The van der Waals surface area contributed by atoms with E-state index in [4.69, 9.17) is 16.3 Å². The van der Waals surface area contributed by atoms with Crippen LogP contribution in [0.25, 0.3) is 0 Å². The molecule has 3 aromatic rings. The van der Waals surface area contributed by atoms with Crippen molar-refractivity contribution in [3.8, 4) is 5.75 Å². The number of halogens is 1. The maximum atomic E-state index is 12.8. The number of nitrogens with zero attached hydrogens (tertiary/aromatic N) is 1. The summed E-state index contributed by atoms with van der Waals surface area (Å²) in [5.74, 6) is 0.813. The van der Waals surface area contributed by atoms with Crippen molar-refractivity contribution in [1.29, 1.82) is 0 Å². The lowest BCUT2D eigenvalue weighted by molar-refractivity contribution is 0.165. The summed E-state index contributed by atoms with van der Waals surface area (Å²) < 4.78 is 34.5. The van der Waals surface area contributed by atoms with Gasteiger partial charge in [0.05, 0.1) is 17.2 Å². The minimum atomic E-state index is -3.70. The Hall–Kier alpha value is -2.54. The summed E-state index contributed by atoms with van der Waals surface area (Å²) in [4.78, 5) is 2.64. The first-order valence-corrected chi connectivity index (χ1v) is 12.7. The van der Waals surface area contributed by atoms with Crippen LogP contribution in [0.15, 0.2) is 77.7 Å². The first kappa shape index (κ1) is 22.6. The molecular weight excluding hydrogens is 444 g/mol. The zero-order valence-electron chi connectivity index (χ0n) is 17.8. The number of sulfonamides is 1. The molecule has 3 aromatic carbocycles. The van der Waals surface area contributed by atoms with Gasteiger partial charge in [-0.25, -0.2) is 8.42 Å². The average molecular weight is 471 g/mol. The smallest absolute Gasteiger partial charge is 0.261 e. The summed E-state index contributed by atoms with van der Waals surface area (Å²) in [5, 5.41) is 0.551. The zero-order chi connectivity index (χ0) is 22.4. The Bertz CT molecular complexity index is 1150. The van der Waals surface area contributed by atoms with Crippen LogP contribution in [0, 0.1) is 0 Å². The third-order valence-corrected chi connectivity index (χ3v) is 7.16. The van der Waals surface area contributed by atoms with E-state index < -0.39 is 10.0 Å². The third kappa shape index (κ3) is 5.82. The third-order valence-electron chi connectivity index (χ3n) is 5.54.